The lowest BCUT2D eigenvalue weighted by Crippen LogP contribution is -2.23. The average molecular weight is 381 g/mol. The lowest BCUT2D eigenvalue weighted by molar-refractivity contribution is -0.0424. The molecule has 4 heteroatoms. The molecule has 0 aliphatic heterocycles. The van der Waals surface area contributed by atoms with Gasteiger partial charge in [-0.2, -0.15) is 0 Å². The first-order chi connectivity index (χ1) is 11.6. The second-order valence-corrected chi connectivity index (χ2v) is 8.30. The van der Waals surface area contributed by atoms with Gasteiger partial charge in [-0.1, -0.05) is 0 Å². The Morgan fingerprint density at radius 2 is 0.962 bits per heavy atom. The summed E-state index contributed by atoms with van der Waals surface area (Å²) < 4.78 is 20.5. The van der Waals surface area contributed by atoms with Crippen LogP contribution in [0.4, 0.5) is 0 Å². The molecule has 0 N–H and O–H groups in total. The van der Waals surface area contributed by atoms with Crippen molar-refractivity contribution in [2.75, 3.05) is 13.7 Å². The summed E-state index contributed by atoms with van der Waals surface area (Å²) in [7, 11) is 1.70. The Hall–Kier alpha value is -0.160. The highest BCUT2D eigenvalue weighted by atomic mass is 16.5. The third kappa shape index (κ3) is 64.9. The second-order valence-electron chi connectivity index (χ2n) is 8.30. The topological polar surface area (TPSA) is 36.9 Å². The van der Waals surface area contributed by atoms with Gasteiger partial charge in [0.2, 0.25) is 0 Å². The number of hydrogen-bond donors (Lipinski definition) is 0. The van der Waals surface area contributed by atoms with Crippen LogP contribution in [0.15, 0.2) is 0 Å². The Morgan fingerprint density at radius 1 is 0.615 bits per heavy atom. The maximum absolute atomic E-state index is 5.44. The third-order valence-corrected chi connectivity index (χ3v) is 2.10. The van der Waals surface area contributed by atoms with Gasteiger partial charge < -0.3 is 18.9 Å². The van der Waals surface area contributed by atoms with Crippen LogP contribution < -0.4 is 0 Å². The summed E-state index contributed by atoms with van der Waals surface area (Å²) in [5.41, 5.74) is 0.0220. The fourth-order valence-corrected chi connectivity index (χ4v) is 1.58. The molecule has 0 radical (unpaired) electrons. The van der Waals surface area contributed by atoms with Gasteiger partial charge in [0.25, 0.3) is 0 Å². The van der Waals surface area contributed by atoms with E-state index in [0.29, 0.717) is 30.5 Å². The molecule has 0 aromatic heterocycles. The van der Waals surface area contributed by atoms with Crippen LogP contribution in [-0.2, 0) is 18.9 Å². The molecule has 0 amide bonds. The molecule has 164 valence electrons. The van der Waals surface area contributed by atoms with Gasteiger partial charge in [0, 0.05) is 13.7 Å². The van der Waals surface area contributed by atoms with E-state index in [0.717, 1.165) is 6.61 Å². The normalized spacial score (nSPS) is 11.1. The molecular weight excluding hydrogens is 328 g/mol. The quantitative estimate of drug-likeness (QED) is 0.527. The molecule has 0 aliphatic rings. The maximum Gasteiger partial charge on any atom is 0.0601 e. The standard InChI is InChI=1S/C7H16O.C6H14O.C5H12O.C4H10O/c1-6(2)8-7(3,4)5;1-5(2)7-6(3)4;1-4-6-5(2)3;1-4(2)5-3/h6H,1-5H3;5-6H,1-4H3;5H,4H2,1-3H3;4H,1-3H3. The van der Waals surface area contributed by atoms with Gasteiger partial charge in [0.05, 0.1) is 36.1 Å². The Labute approximate surface area is 166 Å². The Bertz CT molecular complexity index is 235. The van der Waals surface area contributed by atoms with Crippen LogP contribution in [0.2, 0.25) is 0 Å². The minimum absolute atomic E-state index is 0.0220. The predicted molar refractivity (Wildman–Crippen MR) is 116 cm³/mol. The van der Waals surface area contributed by atoms with Crippen molar-refractivity contribution in [1.82, 2.24) is 0 Å². The second kappa shape index (κ2) is 21.1. The number of methoxy groups -OCH3 is 1. The van der Waals surface area contributed by atoms with E-state index in [2.05, 4.69) is 20.8 Å². The monoisotopic (exact) mass is 380 g/mol. The molecule has 0 saturated heterocycles. The summed E-state index contributed by atoms with van der Waals surface area (Å²) >= 11 is 0. The molecule has 0 rings (SSSR count). The number of rotatable bonds is 6. The maximum atomic E-state index is 5.44. The van der Waals surface area contributed by atoms with Crippen molar-refractivity contribution in [3.63, 3.8) is 0 Å². The van der Waals surface area contributed by atoms with Crippen molar-refractivity contribution >= 4 is 0 Å². The molecule has 0 bridgehead atoms. The summed E-state index contributed by atoms with van der Waals surface area (Å²) in [6, 6.07) is 0. The molecule has 0 unspecified atom stereocenters. The molecule has 4 nitrogen and oxygen atoms in total. The summed E-state index contributed by atoms with van der Waals surface area (Å²) in [6.45, 7) is 29.3. The average Bonchev–Trinajstić information content (AvgIpc) is 2.35. The molecule has 0 aromatic carbocycles. The first kappa shape index (κ1) is 33.4. The first-order valence-corrected chi connectivity index (χ1v) is 10.1. The van der Waals surface area contributed by atoms with E-state index in [1.165, 1.54) is 0 Å². The molecular formula is C22H52O4. The predicted octanol–water partition coefficient (Wildman–Crippen LogP) is 6.50. The lowest BCUT2D eigenvalue weighted by atomic mass is 10.2. The molecule has 0 saturated carbocycles. The van der Waals surface area contributed by atoms with E-state index >= 15 is 0 Å². The van der Waals surface area contributed by atoms with Crippen LogP contribution in [0.25, 0.3) is 0 Å². The molecule has 0 heterocycles. The molecule has 0 spiro atoms. The van der Waals surface area contributed by atoms with Crippen LogP contribution in [0.1, 0.15) is 96.9 Å². The minimum atomic E-state index is 0.0220. The summed E-state index contributed by atoms with van der Waals surface area (Å²) in [5.74, 6) is 0. The highest BCUT2D eigenvalue weighted by Crippen LogP contribution is 2.09. The van der Waals surface area contributed by atoms with Crippen molar-refractivity contribution in [3.05, 3.63) is 0 Å². The van der Waals surface area contributed by atoms with E-state index in [-0.39, 0.29) is 5.60 Å². The van der Waals surface area contributed by atoms with Gasteiger partial charge in [-0.05, 0) is 96.9 Å². The van der Waals surface area contributed by atoms with Gasteiger partial charge in [0.15, 0.2) is 0 Å². The van der Waals surface area contributed by atoms with Gasteiger partial charge in [-0.25, -0.2) is 0 Å². The highest BCUT2D eigenvalue weighted by molar-refractivity contribution is 4.59. The van der Waals surface area contributed by atoms with Gasteiger partial charge in [-0.15, -0.1) is 0 Å². The van der Waals surface area contributed by atoms with Gasteiger partial charge in [0.1, 0.15) is 0 Å². The third-order valence-electron chi connectivity index (χ3n) is 2.10. The van der Waals surface area contributed by atoms with Crippen molar-refractivity contribution in [3.8, 4) is 0 Å². The van der Waals surface area contributed by atoms with Crippen LogP contribution >= 0.6 is 0 Å². The zero-order chi connectivity index (χ0) is 21.9. The zero-order valence-electron chi connectivity index (χ0n) is 20.7. The number of hydrogen-bond acceptors (Lipinski definition) is 4. The smallest absolute Gasteiger partial charge is 0.0601 e. The SMILES string of the molecule is CC(C)OC(C)(C)C.CC(C)OC(C)C.CCOC(C)C.COC(C)C. The van der Waals surface area contributed by atoms with Crippen LogP contribution in [-0.4, -0.2) is 49.8 Å². The summed E-state index contributed by atoms with van der Waals surface area (Å²) in [5, 5.41) is 0. The van der Waals surface area contributed by atoms with Crippen LogP contribution in [0.3, 0.4) is 0 Å². The fraction of sp³-hybridized carbons (Fsp3) is 1.00. The van der Waals surface area contributed by atoms with Gasteiger partial charge >= 0.3 is 0 Å². The number of ether oxygens (including phenoxy) is 4. The van der Waals surface area contributed by atoms with E-state index in [4.69, 9.17) is 18.9 Å². The molecule has 26 heavy (non-hydrogen) atoms. The van der Waals surface area contributed by atoms with E-state index in [1.54, 1.807) is 7.11 Å². The molecule has 0 aliphatic carbocycles. The Kier molecular flexibility index (Phi) is 27.2. The van der Waals surface area contributed by atoms with E-state index in [1.807, 2.05) is 76.2 Å². The fourth-order valence-electron chi connectivity index (χ4n) is 1.58. The van der Waals surface area contributed by atoms with Crippen LogP contribution in [0, 0.1) is 0 Å². The largest absolute Gasteiger partial charge is 0.382 e. The zero-order valence-corrected chi connectivity index (χ0v) is 20.7. The molecule has 0 aromatic rings. The van der Waals surface area contributed by atoms with Crippen molar-refractivity contribution < 1.29 is 18.9 Å². The van der Waals surface area contributed by atoms with Crippen LogP contribution in [0.5, 0.6) is 0 Å². The lowest BCUT2D eigenvalue weighted by Gasteiger charge is -2.22. The summed E-state index contributed by atoms with van der Waals surface area (Å²) in [4.78, 5) is 0. The van der Waals surface area contributed by atoms with Gasteiger partial charge in [-0.3, -0.25) is 0 Å². The van der Waals surface area contributed by atoms with Crippen molar-refractivity contribution in [1.29, 1.82) is 0 Å². The van der Waals surface area contributed by atoms with E-state index < -0.39 is 0 Å². The molecule has 0 atom stereocenters. The highest BCUT2D eigenvalue weighted by Gasteiger charge is 2.10. The summed E-state index contributed by atoms with van der Waals surface area (Å²) in [6.07, 6.45) is 1.87. The van der Waals surface area contributed by atoms with E-state index in [9.17, 15) is 0 Å². The first-order valence-electron chi connectivity index (χ1n) is 10.1. The Morgan fingerprint density at radius 3 is 0.962 bits per heavy atom. The minimum Gasteiger partial charge on any atom is -0.382 e. The Balaban J connectivity index is -0.000000126. The molecule has 0 fully saturated rings. The van der Waals surface area contributed by atoms with Crippen molar-refractivity contribution in [2.45, 2.75) is 133 Å². The van der Waals surface area contributed by atoms with Crippen molar-refractivity contribution in [2.24, 2.45) is 0 Å².